The standard InChI is InChI=1S/C9H10BrF2N.ClH/c10-8-2-1-6(12)5-7(8)9(13)3-4-11;/h1-2,5,9H,3-4,13H2;1H/t9-;/m0./s1. The second-order valence-electron chi connectivity index (χ2n) is 2.75. The molecular formula is C9H11BrClF2N. The van der Waals surface area contributed by atoms with Crippen LogP contribution in [0.1, 0.15) is 18.0 Å². The van der Waals surface area contributed by atoms with Crippen LogP contribution in [-0.4, -0.2) is 6.67 Å². The second kappa shape index (κ2) is 6.32. The van der Waals surface area contributed by atoms with E-state index in [1.807, 2.05) is 0 Å². The van der Waals surface area contributed by atoms with Crippen molar-refractivity contribution >= 4 is 28.3 Å². The lowest BCUT2D eigenvalue weighted by atomic mass is 10.1. The molecule has 2 N–H and O–H groups in total. The molecule has 0 saturated heterocycles. The molecule has 80 valence electrons. The van der Waals surface area contributed by atoms with Crippen molar-refractivity contribution < 1.29 is 8.78 Å². The Balaban J connectivity index is 0.00000169. The van der Waals surface area contributed by atoms with Crippen molar-refractivity contribution in [2.45, 2.75) is 12.5 Å². The van der Waals surface area contributed by atoms with Crippen molar-refractivity contribution in [3.63, 3.8) is 0 Å². The van der Waals surface area contributed by atoms with Crippen LogP contribution in [0.3, 0.4) is 0 Å². The molecule has 0 aliphatic rings. The molecule has 5 heteroatoms. The van der Waals surface area contributed by atoms with Crippen molar-refractivity contribution in [2.75, 3.05) is 6.67 Å². The van der Waals surface area contributed by atoms with Gasteiger partial charge in [-0.1, -0.05) is 15.9 Å². The number of hydrogen-bond acceptors (Lipinski definition) is 1. The average molecular weight is 287 g/mol. The van der Waals surface area contributed by atoms with E-state index in [4.69, 9.17) is 5.73 Å². The minimum absolute atomic E-state index is 0. The van der Waals surface area contributed by atoms with Gasteiger partial charge in [0.15, 0.2) is 0 Å². The van der Waals surface area contributed by atoms with Crippen molar-refractivity contribution in [2.24, 2.45) is 5.73 Å². The zero-order valence-electron chi connectivity index (χ0n) is 7.34. The third-order valence-corrected chi connectivity index (χ3v) is 2.50. The highest BCUT2D eigenvalue weighted by Gasteiger charge is 2.10. The topological polar surface area (TPSA) is 26.0 Å². The van der Waals surface area contributed by atoms with Gasteiger partial charge in [0.05, 0.1) is 6.67 Å². The van der Waals surface area contributed by atoms with Gasteiger partial charge in [-0.25, -0.2) is 4.39 Å². The lowest BCUT2D eigenvalue weighted by Crippen LogP contribution is -2.11. The van der Waals surface area contributed by atoms with Crippen molar-refractivity contribution in [3.8, 4) is 0 Å². The van der Waals surface area contributed by atoms with Gasteiger partial charge in [0.25, 0.3) is 0 Å². The first-order chi connectivity index (χ1) is 6.15. The van der Waals surface area contributed by atoms with Gasteiger partial charge in [-0.3, -0.25) is 4.39 Å². The summed E-state index contributed by atoms with van der Waals surface area (Å²) in [7, 11) is 0. The Morgan fingerprint density at radius 3 is 2.64 bits per heavy atom. The Hall–Kier alpha value is -0.190. The molecule has 0 aliphatic carbocycles. The molecule has 1 nitrogen and oxygen atoms in total. The van der Waals surface area contributed by atoms with Gasteiger partial charge < -0.3 is 5.73 Å². The maximum absolute atomic E-state index is 12.8. The van der Waals surface area contributed by atoms with Crippen LogP contribution in [0.5, 0.6) is 0 Å². The monoisotopic (exact) mass is 285 g/mol. The molecule has 1 aromatic rings. The van der Waals surface area contributed by atoms with Crippen LogP contribution >= 0.6 is 28.3 Å². The minimum Gasteiger partial charge on any atom is -0.324 e. The van der Waals surface area contributed by atoms with Crippen LogP contribution in [0.25, 0.3) is 0 Å². The van der Waals surface area contributed by atoms with Crippen LogP contribution in [0.2, 0.25) is 0 Å². The highest BCUT2D eigenvalue weighted by Crippen LogP contribution is 2.24. The zero-order valence-corrected chi connectivity index (χ0v) is 9.75. The van der Waals surface area contributed by atoms with Crippen LogP contribution in [0.4, 0.5) is 8.78 Å². The third-order valence-electron chi connectivity index (χ3n) is 1.78. The predicted octanol–water partition coefficient (Wildman–Crippen LogP) is 3.37. The normalized spacial score (nSPS) is 12.0. The number of hydrogen-bond donors (Lipinski definition) is 1. The lowest BCUT2D eigenvalue weighted by molar-refractivity contribution is 0.440. The van der Waals surface area contributed by atoms with Gasteiger partial charge in [-0.2, -0.15) is 0 Å². The van der Waals surface area contributed by atoms with E-state index in [0.29, 0.717) is 5.56 Å². The van der Waals surface area contributed by atoms with E-state index in [1.165, 1.54) is 12.1 Å². The van der Waals surface area contributed by atoms with Gasteiger partial charge >= 0.3 is 0 Å². The fourth-order valence-electron chi connectivity index (χ4n) is 1.07. The molecule has 0 saturated carbocycles. The molecule has 0 fully saturated rings. The van der Waals surface area contributed by atoms with Crippen LogP contribution in [0, 0.1) is 5.82 Å². The molecule has 0 bridgehead atoms. The Morgan fingerprint density at radius 2 is 2.07 bits per heavy atom. The molecule has 0 aromatic heterocycles. The first kappa shape index (κ1) is 13.8. The summed E-state index contributed by atoms with van der Waals surface area (Å²) >= 11 is 3.23. The van der Waals surface area contributed by atoms with E-state index in [-0.39, 0.29) is 24.6 Å². The van der Waals surface area contributed by atoms with Gasteiger partial charge in [-0.15, -0.1) is 12.4 Å². The largest absolute Gasteiger partial charge is 0.324 e. The molecule has 0 amide bonds. The maximum Gasteiger partial charge on any atom is 0.123 e. The SMILES string of the molecule is Cl.N[C@@H](CCF)c1cc(F)ccc1Br. The van der Waals surface area contributed by atoms with E-state index < -0.39 is 12.7 Å². The Morgan fingerprint density at radius 1 is 1.43 bits per heavy atom. The summed E-state index contributed by atoms with van der Waals surface area (Å²) in [6.45, 7) is -0.496. The molecule has 0 heterocycles. The smallest absolute Gasteiger partial charge is 0.123 e. The quantitative estimate of drug-likeness (QED) is 0.906. The summed E-state index contributed by atoms with van der Waals surface area (Å²) in [5, 5.41) is 0. The summed E-state index contributed by atoms with van der Waals surface area (Å²) in [6.07, 6.45) is 0.210. The first-order valence-electron chi connectivity index (χ1n) is 3.91. The van der Waals surface area contributed by atoms with Crippen LogP contribution in [-0.2, 0) is 0 Å². The summed E-state index contributed by atoms with van der Waals surface area (Å²) in [4.78, 5) is 0. The highest BCUT2D eigenvalue weighted by molar-refractivity contribution is 9.10. The number of rotatable bonds is 3. The van der Waals surface area contributed by atoms with Gasteiger partial charge in [-0.05, 0) is 30.2 Å². The number of halogens is 4. The number of alkyl halides is 1. The lowest BCUT2D eigenvalue weighted by Gasteiger charge is -2.11. The summed E-state index contributed by atoms with van der Waals surface area (Å²) in [6, 6.07) is 3.78. The van der Waals surface area contributed by atoms with Crippen LogP contribution in [0.15, 0.2) is 22.7 Å². The fraction of sp³-hybridized carbons (Fsp3) is 0.333. The molecule has 14 heavy (non-hydrogen) atoms. The molecule has 1 aromatic carbocycles. The number of nitrogens with two attached hydrogens (primary N) is 1. The molecular weight excluding hydrogens is 275 g/mol. The number of benzene rings is 1. The second-order valence-corrected chi connectivity index (χ2v) is 3.60. The molecule has 0 aliphatic heterocycles. The van der Waals surface area contributed by atoms with E-state index in [9.17, 15) is 8.78 Å². The fourth-order valence-corrected chi connectivity index (χ4v) is 1.61. The molecule has 1 rings (SSSR count). The van der Waals surface area contributed by atoms with Gasteiger partial charge in [0.1, 0.15) is 5.82 Å². The predicted molar refractivity (Wildman–Crippen MR) is 58.9 cm³/mol. The van der Waals surface area contributed by atoms with Gasteiger partial charge in [0, 0.05) is 10.5 Å². The third kappa shape index (κ3) is 3.52. The minimum atomic E-state index is -0.496. The van der Waals surface area contributed by atoms with E-state index in [0.717, 1.165) is 4.47 Å². The zero-order chi connectivity index (χ0) is 9.84. The maximum atomic E-state index is 12.8. The van der Waals surface area contributed by atoms with Crippen molar-refractivity contribution in [1.29, 1.82) is 0 Å². The van der Waals surface area contributed by atoms with E-state index >= 15 is 0 Å². The van der Waals surface area contributed by atoms with Crippen molar-refractivity contribution in [3.05, 3.63) is 34.1 Å². The Bertz CT molecular complexity index is 296. The Labute approximate surface area is 96.2 Å². The molecule has 0 spiro atoms. The van der Waals surface area contributed by atoms with Crippen molar-refractivity contribution in [1.82, 2.24) is 0 Å². The van der Waals surface area contributed by atoms with Crippen LogP contribution < -0.4 is 5.73 Å². The summed E-state index contributed by atoms with van der Waals surface area (Å²) in [5.74, 6) is -0.354. The van der Waals surface area contributed by atoms with E-state index in [2.05, 4.69) is 15.9 Å². The summed E-state index contributed by atoms with van der Waals surface area (Å²) < 4.78 is 25.5. The van der Waals surface area contributed by atoms with Gasteiger partial charge in [0.2, 0.25) is 0 Å². The highest BCUT2D eigenvalue weighted by atomic mass is 79.9. The summed E-state index contributed by atoms with van der Waals surface area (Å²) in [5.41, 5.74) is 6.25. The molecule has 1 atom stereocenters. The van der Waals surface area contributed by atoms with E-state index in [1.54, 1.807) is 6.07 Å². The molecule has 0 unspecified atom stereocenters. The average Bonchev–Trinajstić information content (AvgIpc) is 2.09. The first-order valence-corrected chi connectivity index (χ1v) is 4.71. The molecule has 0 radical (unpaired) electrons. The Kier molecular flexibility index (Phi) is 6.24.